The van der Waals surface area contributed by atoms with Crippen molar-refractivity contribution in [1.82, 2.24) is 5.32 Å². The Balaban J connectivity index is 2.09. The summed E-state index contributed by atoms with van der Waals surface area (Å²) in [6.45, 7) is 4.82. The largest absolute Gasteiger partial charge is 0.351 e. The summed E-state index contributed by atoms with van der Waals surface area (Å²) in [5.41, 5.74) is 7.14. The average molecular weight is 339 g/mol. The van der Waals surface area contributed by atoms with Crippen LogP contribution in [0.1, 0.15) is 36.2 Å². The van der Waals surface area contributed by atoms with Crippen molar-refractivity contribution in [3.8, 4) is 0 Å². The Labute approximate surface area is 148 Å². The highest BCUT2D eigenvalue weighted by molar-refractivity contribution is 6.03. The van der Waals surface area contributed by atoms with Gasteiger partial charge in [-0.2, -0.15) is 0 Å². The van der Waals surface area contributed by atoms with Gasteiger partial charge in [-0.3, -0.25) is 9.59 Å². The molecule has 0 atom stereocenters. The third-order valence-electron chi connectivity index (χ3n) is 4.03. The van der Waals surface area contributed by atoms with E-state index in [2.05, 4.69) is 10.6 Å². The summed E-state index contributed by atoms with van der Waals surface area (Å²) in [5, 5.41) is 5.58. The number of hydrogen-bond donors (Lipinski definition) is 3. The Morgan fingerprint density at radius 3 is 2.32 bits per heavy atom. The van der Waals surface area contributed by atoms with Crippen molar-refractivity contribution >= 4 is 17.5 Å². The Morgan fingerprint density at radius 2 is 1.64 bits per heavy atom. The van der Waals surface area contributed by atoms with E-state index < -0.39 is 0 Å². The second-order valence-corrected chi connectivity index (χ2v) is 6.57. The SMILES string of the molecule is CC(C)(CC(=O)Nc1ccccc1C(=O)NCCN)c1ccccc1. The molecule has 5 heteroatoms. The topological polar surface area (TPSA) is 84.2 Å². The van der Waals surface area contributed by atoms with E-state index in [4.69, 9.17) is 5.73 Å². The van der Waals surface area contributed by atoms with Crippen LogP contribution in [0.3, 0.4) is 0 Å². The van der Waals surface area contributed by atoms with Gasteiger partial charge in [-0.1, -0.05) is 56.3 Å². The summed E-state index contributed by atoms with van der Waals surface area (Å²) in [7, 11) is 0. The Morgan fingerprint density at radius 1 is 1.00 bits per heavy atom. The fourth-order valence-electron chi connectivity index (χ4n) is 2.66. The Hall–Kier alpha value is -2.66. The van der Waals surface area contributed by atoms with Gasteiger partial charge in [0.15, 0.2) is 0 Å². The van der Waals surface area contributed by atoms with E-state index in [9.17, 15) is 9.59 Å². The van der Waals surface area contributed by atoms with Gasteiger partial charge in [0.05, 0.1) is 11.3 Å². The molecule has 2 aromatic carbocycles. The molecule has 5 nitrogen and oxygen atoms in total. The number of nitrogens with two attached hydrogens (primary N) is 1. The smallest absolute Gasteiger partial charge is 0.253 e. The number of carbonyl (C=O) groups is 2. The summed E-state index contributed by atoms with van der Waals surface area (Å²) in [4.78, 5) is 24.7. The van der Waals surface area contributed by atoms with E-state index in [-0.39, 0.29) is 17.2 Å². The molecule has 0 aliphatic carbocycles. The quantitative estimate of drug-likeness (QED) is 0.725. The van der Waals surface area contributed by atoms with Gasteiger partial charge < -0.3 is 16.4 Å². The molecule has 0 heterocycles. The maximum Gasteiger partial charge on any atom is 0.253 e. The summed E-state index contributed by atoms with van der Waals surface area (Å²) < 4.78 is 0. The number of nitrogens with one attached hydrogen (secondary N) is 2. The highest BCUT2D eigenvalue weighted by Gasteiger charge is 2.24. The fourth-order valence-corrected chi connectivity index (χ4v) is 2.66. The number of rotatable bonds is 7. The second kappa shape index (κ2) is 8.44. The van der Waals surface area contributed by atoms with Crippen molar-refractivity contribution in [2.75, 3.05) is 18.4 Å². The lowest BCUT2D eigenvalue weighted by atomic mass is 9.81. The molecule has 2 rings (SSSR count). The molecule has 0 saturated carbocycles. The van der Waals surface area contributed by atoms with Crippen LogP contribution in [0.2, 0.25) is 0 Å². The van der Waals surface area contributed by atoms with Crippen LogP contribution < -0.4 is 16.4 Å². The first kappa shape index (κ1) is 18.7. The van der Waals surface area contributed by atoms with E-state index in [0.29, 0.717) is 30.8 Å². The molecule has 25 heavy (non-hydrogen) atoms. The van der Waals surface area contributed by atoms with Gasteiger partial charge in [0.1, 0.15) is 0 Å². The normalized spacial score (nSPS) is 11.0. The van der Waals surface area contributed by atoms with Crippen LogP contribution in [0.25, 0.3) is 0 Å². The number of benzene rings is 2. The zero-order chi connectivity index (χ0) is 18.3. The molecular weight excluding hydrogens is 314 g/mol. The van der Waals surface area contributed by atoms with Crippen molar-refractivity contribution in [1.29, 1.82) is 0 Å². The standard InChI is InChI=1S/C20H25N3O2/c1-20(2,15-8-4-3-5-9-15)14-18(24)23-17-11-7-6-10-16(17)19(25)22-13-12-21/h3-11H,12-14,21H2,1-2H3,(H,22,25)(H,23,24). The first-order valence-corrected chi connectivity index (χ1v) is 8.37. The van der Waals surface area contributed by atoms with Crippen LogP contribution in [0.4, 0.5) is 5.69 Å². The van der Waals surface area contributed by atoms with Crippen LogP contribution in [0, 0.1) is 0 Å². The Bertz CT molecular complexity index is 727. The molecule has 0 saturated heterocycles. The minimum absolute atomic E-state index is 0.132. The molecule has 0 unspecified atom stereocenters. The van der Waals surface area contributed by atoms with Crippen LogP contribution in [0.15, 0.2) is 54.6 Å². The van der Waals surface area contributed by atoms with E-state index in [1.165, 1.54) is 0 Å². The van der Waals surface area contributed by atoms with Crippen LogP contribution >= 0.6 is 0 Å². The van der Waals surface area contributed by atoms with Crippen molar-refractivity contribution < 1.29 is 9.59 Å². The maximum atomic E-state index is 12.5. The molecule has 0 spiro atoms. The number of anilines is 1. The zero-order valence-corrected chi connectivity index (χ0v) is 14.7. The third kappa shape index (κ3) is 5.16. The maximum absolute atomic E-state index is 12.5. The van der Waals surface area contributed by atoms with Crippen molar-refractivity contribution in [2.45, 2.75) is 25.7 Å². The number of amides is 2. The number of hydrogen-bond acceptors (Lipinski definition) is 3. The van der Waals surface area contributed by atoms with Crippen molar-refractivity contribution in [3.05, 3.63) is 65.7 Å². The van der Waals surface area contributed by atoms with E-state index in [0.717, 1.165) is 5.56 Å². The van der Waals surface area contributed by atoms with Crippen LogP contribution in [-0.4, -0.2) is 24.9 Å². The highest BCUT2D eigenvalue weighted by Crippen LogP contribution is 2.27. The molecule has 2 aromatic rings. The molecule has 0 fully saturated rings. The molecule has 0 bridgehead atoms. The van der Waals surface area contributed by atoms with E-state index in [1.54, 1.807) is 24.3 Å². The molecule has 2 amide bonds. The first-order valence-electron chi connectivity index (χ1n) is 8.37. The Kier molecular flexibility index (Phi) is 6.31. The minimum atomic E-state index is -0.303. The van der Waals surface area contributed by atoms with Gasteiger partial charge in [-0.25, -0.2) is 0 Å². The fraction of sp³-hybridized carbons (Fsp3) is 0.300. The lowest BCUT2D eigenvalue weighted by Crippen LogP contribution is -2.30. The molecule has 4 N–H and O–H groups in total. The molecule has 0 aliphatic heterocycles. The van der Waals surface area contributed by atoms with Gasteiger partial charge >= 0.3 is 0 Å². The van der Waals surface area contributed by atoms with Crippen LogP contribution in [-0.2, 0) is 10.2 Å². The van der Waals surface area contributed by atoms with Gasteiger partial charge in [0.25, 0.3) is 5.91 Å². The minimum Gasteiger partial charge on any atom is -0.351 e. The molecule has 0 aromatic heterocycles. The van der Waals surface area contributed by atoms with E-state index >= 15 is 0 Å². The average Bonchev–Trinajstić information content (AvgIpc) is 2.60. The lowest BCUT2D eigenvalue weighted by molar-refractivity contribution is -0.117. The molecule has 0 radical (unpaired) electrons. The van der Waals surface area contributed by atoms with Gasteiger partial charge in [0, 0.05) is 19.5 Å². The molecule has 0 aliphatic rings. The molecular formula is C20H25N3O2. The van der Waals surface area contributed by atoms with Gasteiger partial charge in [-0.05, 0) is 23.1 Å². The lowest BCUT2D eigenvalue weighted by Gasteiger charge is -2.24. The van der Waals surface area contributed by atoms with Crippen LogP contribution in [0.5, 0.6) is 0 Å². The zero-order valence-electron chi connectivity index (χ0n) is 14.7. The third-order valence-corrected chi connectivity index (χ3v) is 4.03. The monoisotopic (exact) mass is 339 g/mol. The van der Waals surface area contributed by atoms with Crippen molar-refractivity contribution in [2.24, 2.45) is 5.73 Å². The second-order valence-electron chi connectivity index (χ2n) is 6.57. The van der Waals surface area contributed by atoms with Crippen molar-refractivity contribution in [3.63, 3.8) is 0 Å². The predicted molar refractivity (Wildman–Crippen MR) is 101 cm³/mol. The predicted octanol–water partition coefficient (Wildman–Crippen LogP) is 2.68. The first-order chi connectivity index (χ1) is 11.9. The summed E-state index contributed by atoms with van der Waals surface area (Å²) in [6, 6.07) is 16.9. The van der Waals surface area contributed by atoms with E-state index in [1.807, 2.05) is 44.2 Å². The molecule has 132 valence electrons. The summed E-state index contributed by atoms with van der Waals surface area (Å²) in [5.74, 6) is -0.378. The number of para-hydroxylation sites is 1. The summed E-state index contributed by atoms with van der Waals surface area (Å²) in [6.07, 6.45) is 0.315. The number of carbonyl (C=O) groups excluding carboxylic acids is 2. The summed E-state index contributed by atoms with van der Waals surface area (Å²) >= 11 is 0. The van der Waals surface area contributed by atoms with Gasteiger partial charge in [-0.15, -0.1) is 0 Å². The van der Waals surface area contributed by atoms with Gasteiger partial charge in [0.2, 0.25) is 5.91 Å². The highest BCUT2D eigenvalue weighted by atomic mass is 16.2.